The molecule has 0 N–H and O–H groups in total. The van der Waals surface area contributed by atoms with E-state index in [2.05, 4.69) is 36.0 Å². The van der Waals surface area contributed by atoms with Crippen LogP contribution < -0.4 is 0 Å². The van der Waals surface area contributed by atoms with Gasteiger partial charge >= 0.3 is 0 Å². The second-order valence-electron chi connectivity index (χ2n) is 7.26. The predicted octanol–water partition coefficient (Wildman–Crippen LogP) is 2.88. The molecule has 1 amide bonds. The zero-order valence-corrected chi connectivity index (χ0v) is 15.1. The van der Waals surface area contributed by atoms with Crippen molar-refractivity contribution in [3.8, 4) is 0 Å². The van der Waals surface area contributed by atoms with Crippen molar-refractivity contribution < 1.29 is 13.6 Å². The van der Waals surface area contributed by atoms with E-state index in [0.29, 0.717) is 13.1 Å². The first-order valence-corrected chi connectivity index (χ1v) is 8.75. The van der Waals surface area contributed by atoms with Gasteiger partial charge in [0.1, 0.15) is 12.2 Å². The predicted molar refractivity (Wildman–Crippen MR) is 95.1 cm³/mol. The van der Waals surface area contributed by atoms with Gasteiger partial charge in [0.25, 0.3) is 12.3 Å². The summed E-state index contributed by atoms with van der Waals surface area (Å²) in [6.07, 6.45) is -1.06. The van der Waals surface area contributed by atoms with E-state index in [-0.39, 0.29) is 17.1 Å². The lowest BCUT2D eigenvalue weighted by molar-refractivity contribution is 0.0134. The summed E-state index contributed by atoms with van der Waals surface area (Å²) in [6, 6.07) is 11.8. The van der Waals surface area contributed by atoms with Crippen molar-refractivity contribution in [3.63, 3.8) is 0 Å². The van der Waals surface area contributed by atoms with Crippen LogP contribution in [-0.4, -0.2) is 57.1 Å². The van der Waals surface area contributed by atoms with Crippen molar-refractivity contribution >= 4 is 5.91 Å². The molecule has 2 heterocycles. The lowest BCUT2D eigenvalue weighted by Gasteiger charge is -2.47. The van der Waals surface area contributed by atoms with Crippen LogP contribution in [0.5, 0.6) is 0 Å². The molecule has 0 unspecified atom stereocenters. The highest BCUT2D eigenvalue weighted by atomic mass is 19.3. The number of alkyl halides is 2. The minimum atomic E-state index is -2.49. The Labute approximate surface area is 152 Å². The van der Waals surface area contributed by atoms with Crippen molar-refractivity contribution in [1.29, 1.82) is 0 Å². The third kappa shape index (κ3) is 4.27. The fourth-order valence-electron chi connectivity index (χ4n) is 3.34. The van der Waals surface area contributed by atoms with Crippen LogP contribution in [0.25, 0.3) is 0 Å². The Hall–Kier alpha value is -2.28. The monoisotopic (exact) mass is 362 g/mol. The van der Waals surface area contributed by atoms with Gasteiger partial charge in [-0.25, -0.2) is 8.78 Å². The Morgan fingerprint density at radius 1 is 1.19 bits per heavy atom. The molecule has 0 saturated carbocycles. The van der Waals surface area contributed by atoms with E-state index in [1.165, 1.54) is 17.8 Å². The van der Waals surface area contributed by atoms with Crippen LogP contribution in [0.4, 0.5) is 8.78 Å². The standard InChI is InChI=1S/C19H24F2N4O/c1-19(2)14-23(10-11-24(19)12-15-6-4-3-5-7-15)18(26)16-8-9-25(22-16)13-17(20)21/h3-9,17H,10-14H2,1-2H3. The molecular formula is C19H24F2N4O. The van der Waals surface area contributed by atoms with E-state index in [1.807, 2.05) is 18.2 Å². The Bertz CT molecular complexity index is 745. The van der Waals surface area contributed by atoms with E-state index in [1.54, 1.807) is 4.90 Å². The van der Waals surface area contributed by atoms with Crippen LogP contribution >= 0.6 is 0 Å². The highest BCUT2D eigenvalue weighted by Gasteiger charge is 2.36. The van der Waals surface area contributed by atoms with Crippen LogP contribution in [0.1, 0.15) is 29.9 Å². The van der Waals surface area contributed by atoms with Gasteiger partial charge in [0.2, 0.25) is 0 Å². The maximum Gasteiger partial charge on any atom is 0.274 e. The van der Waals surface area contributed by atoms with Crippen molar-refractivity contribution in [2.45, 2.75) is 38.9 Å². The molecule has 1 aromatic carbocycles. The maximum absolute atomic E-state index is 12.7. The number of benzene rings is 1. The Morgan fingerprint density at radius 2 is 1.92 bits per heavy atom. The van der Waals surface area contributed by atoms with Crippen molar-refractivity contribution in [1.82, 2.24) is 19.6 Å². The van der Waals surface area contributed by atoms with Crippen molar-refractivity contribution in [3.05, 3.63) is 53.9 Å². The zero-order valence-electron chi connectivity index (χ0n) is 15.1. The summed E-state index contributed by atoms with van der Waals surface area (Å²) >= 11 is 0. The van der Waals surface area contributed by atoms with Gasteiger partial charge in [-0.2, -0.15) is 5.10 Å². The van der Waals surface area contributed by atoms with Gasteiger partial charge in [-0.15, -0.1) is 0 Å². The summed E-state index contributed by atoms with van der Waals surface area (Å²) in [5.74, 6) is -0.203. The molecule has 3 rings (SSSR count). The normalized spacial score (nSPS) is 17.7. The summed E-state index contributed by atoms with van der Waals surface area (Å²) in [5.41, 5.74) is 1.28. The minimum Gasteiger partial charge on any atom is -0.334 e. The molecule has 26 heavy (non-hydrogen) atoms. The molecule has 7 heteroatoms. The van der Waals surface area contributed by atoms with Crippen LogP contribution in [0.2, 0.25) is 0 Å². The SMILES string of the molecule is CC1(C)CN(C(=O)c2ccn(CC(F)F)n2)CCN1Cc1ccccc1. The first-order valence-electron chi connectivity index (χ1n) is 8.75. The molecule has 0 atom stereocenters. The number of carbonyl (C=O) groups excluding carboxylic acids is 1. The Morgan fingerprint density at radius 3 is 2.58 bits per heavy atom. The summed E-state index contributed by atoms with van der Waals surface area (Å²) in [7, 11) is 0. The largest absolute Gasteiger partial charge is 0.334 e. The molecule has 1 aliphatic heterocycles. The van der Waals surface area contributed by atoms with Gasteiger partial charge in [0, 0.05) is 37.9 Å². The number of hydrogen-bond donors (Lipinski definition) is 0. The number of halogens is 2. The zero-order chi connectivity index (χ0) is 18.7. The van der Waals surface area contributed by atoms with Crippen LogP contribution in [-0.2, 0) is 13.1 Å². The molecule has 5 nitrogen and oxygen atoms in total. The fraction of sp³-hybridized carbons (Fsp3) is 0.474. The molecule has 0 radical (unpaired) electrons. The Balaban J connectivity index is 1.65. The smallest absolute Gasteiger partial charge is 0.274 e. The minimum absolute atomic E-state index is 0.185. The van der Waals surface area contributed by atoms with Gasteiger partial charge in [0.05, 0.1) is 0 Å². The quantitative estimate of drug-likeness (QED) is 0.821. The van der Waals surface area contributed by atoms with E-state index >= 15 is 0 Å². The third-order valence-electron chi connectivity index (χ3n) is 4.76. The first-order chi connectivity index (χ1) is 12.3. The van der Waals surface area contributed by atoms with Crippen molar-refractivity contribution in [2.75, 3.05) is 19.6 Å². The number of nitrogens with zero attached hydrogens (tertiary/aromatic N) is 4. The topological polar surface area (TPSA) is 41.4 Å². The number of carbonyl (C=O) groups is 1. The fourth-order valence-corrected chi connectivity index (χ4v) is 3.34. The van der Waals surface area contributed by atoms with E-state index in [9.17, 15) is 13.6 Å². The second kappa shape index (κ2) is 7.53. The molecular weight excluding hydrogens is 338 g/mol. The molecule has 140 valence electrons. The van der Waals surface area contributed by atoms with Crippen LogP contribution in [0.15, 0.2) is 42.6 Å². The first kappa shape index (κ1) is 18.5. The molecule has 1 saturated heterocycles. The van der Waals surface area contributed by atoms with Gasteiger partial charge in [0.15, 0.2) is 0 Å². The number of aromatic nitrogens is 2. The van der Waals surface area contributed by atoms with Crippen LogP contribution in [0, 0.1) is 0 Å². The molecule has 0 spiro atoms. The summed E-state index contributed by atoms with van der Waals surface area (Å²) in [5, 5.41) is 3.99. The van der Waals surface area contributed by atoms with E-state index in [0.717, 1.165) is 17.8 Å². The van der Waals surface area contributed by atoms with E-state index in [4.69, 9.17) is 0 Å². The lowest BCUT2D eigenvalue weighted by atomic mass is 9.97. The van der Waals surface area contributed by atoms with Gasteiger partial charge in [-0.05, 0) is 25.5 Å². The molecule has 0 aliphatic carbocycles. The lowest BCUT2D eigenvalue weighted by Crippen LogP contribution is -2.60. The van der Waals surface area contributed by atoms with Gasteiger partial charge in [-0.1, -0.05) is 30.3 Å². The summed E-state index contributed by atoms with van der Waals surface area (Å²) in [4.78, 5) is 16.8. The van der Waals surface area contributed by atoms with Gasteiger partial charge < -0.3 is 4.90 Å². The number of piperazine rings is 1. The molecule has 1 aromatic heterocycles. The average molecular weight is 362 g/mol. The van der Waals surface area contributed by atoms with Crippen molar-refractivity contribution in [2.24, 2.45) is 0 Å². The third-order valence-corrected chi connectivity index (χ3v) is 4.76. The summed E-state index contributed by atoms with van der Waals surface area (Å²) < 4.78 is 26.0. The molecule has 1 fully saturated rings. The van der Waals surface area contributed by atoms with E-state index < -0.39 is 13.0 Å². The number of rotatable bonds is 5. The average Bonchev–Trinajstić information content (AvgIpc) is 3.04. The maximum atomic E-state index is 12.7. The molecule has 2 aromatic rings. The highest BCUT2D eigenvalue weighted by Crippen LogP contribution is 2.24. The van der Waals surface area contributed by atoms with Crippen LogP contribution in [0.3, 0.4) is 0 Å². The summed E-state index contributed by atoms with van der Waals surface area (Å²) in [6.45, 7) is 6.49. The van der Waals surface area contributed by atoms with Gasteiger partial charge in [-0.3, -0.25) is 14.4 Å². The molecule has 0 bridgehead atoms. The highest BCUT2D eigenvalue weighted by molar-refractivity contribution is 5.92. The molecule has 1 aliphatic rings. The number of amides is 1. The Kier molecular flexibility index (Phi) is 5.36. The second-order valence-corrected chi connectivity index (χ2v) is 7.26. The number of hydrogen-bond acceptors (Lipinski definition) is 3.